The van der Waals surface area contributed by atoms with E-state index in [4.69, 9.17) is 0 Å². The zero-order valence-electron chi connectivity index (χ0n) is 13.2. The highest BCUT2D eigenvalue weighted by molar-refractivity contribution is 5.85. The van der Waals surface area contributed by atoms with Gasteiger partial charge in [0.05, 0.1) is 12.6 Å². The van der Waals surface area contributed by atoms with Crippen LogP contribution in [0.3, 0.4) is 0 Å². The molecule has 118 valence electrons. The van der Waals surface area contributed by atoms with Crippen LogP contribution in [0.15, 0.2) is 30.3 Å². The second kappa shape index (κ2) is 7.81. The maximum absolute atomic E-state index is 12.1. The first-order valence-electron chi connectivity index (χ1n) is 7.52. The van der Waals surface area contributed by atoms with Crippen molar-refractivity contribution >= 4 is 18.3 Å². The zero-order chi connectivity index (χ0) is 14.6. The summed E-state index contributed by atoms with van der Waals surface area (Å²) in [6.45, 7) is 7.85. The Morgan fingerprint density at radius 2 is 1.86 bits per heavy atom. The van der Waals surface area contributed by atoms with E-state index in [2.05, 4.69) is 43.5 Å². The minimum absolute atomic E-state index is 0. The summed E-state index contributed by atoms with van der Waals surface area (Å²) < 4.78 is 0. The Morgan fingerprint density at radius 1 is 1.24 bits per heavy atom. The monoisotopic (exact) mass is 310 g/mol. The van der Waals surface area contributed by atoms with E-state index in [1.807, 2.05) is 18.2 Å². The lowest BCUT2D eigenvalue weighted by Crippen LogP contribution is -2.41. The Bertz CT molecular complexity index is 438. The van der Waals surface area contributed by atoms with Gasteiger partial charge in [-0.2, -0.15) is 0 Å². The van der Waals surface area contributed by atoms with Crippen LogP contribution in [0.4, 0.5) is 0 Å². The summed E-state index contributed by atoms with van der Waals surface area (Å²) in [6.07, 6.45) is 2.62. The fraction of sp³-hybridized carbons (Fsp3) is 0.588. The Labute approximate surface area is 134 Å². The average molecular weight is 311 g/mol. The number of rotatable bonds is 6. The molecule has 0 bridgehead atoms. The predicted octanol–water partition coefficient (Wildman–Crippen LogP) is 3.31. The molecule has 0 radical (unpaired) electrons. The van der Waals surface area contributed by atoms with Gasteiger partial charge >= 0.3 is 0 Å². The van der Waals surface area contributed by atoms with Crippen molar-refractivity contribution in [2.24, 2.45) is 11.3 Å². The van der Waals surface area contributed by atoms with Crippen LogP contribution in [0.5, 0.6) is 0 Å². The van der Waals surface area contributed by atoms with E-state index in [1.54, 1.807) is 0 Å². The van der Waals surface area contributed by atoms with Gasteiger partial charge in [0.25, 0.3) is 0 Å². The van der Waals surface area contributed by atoms with Gasteiger partial charge < -0.3 is 10.6 Å². The Hall–Kier alpha value is -1.06. The van der Waals surface area contributed by atoms with Crippen molar-refractivity contribution in [2.45, 2.75) is 39.7 Å². The maximum atomic E-state index is 12.1. The van der Waals surface area contributed by atoms with E-state index in [9.17, 15) is 4.79 Å². The molecule has 21 heavy (non-hydrogen) atoms. The minimum Gasteiger partial charge on any atom is -0.348 e. The van der Waals surface area contributed by atoms with Crippen molar-refractivity contribution in [3.63, 3.8) is 0 Å². The molecule has 1 saturated carbocycles. The molecular formula is C17H27ClN2O. The first-order chi connectivity index (χ1) is 9.47. The molecule has 0 heterocycles. The van der Waals surface area contributed by atoms with Gasteiger partial charge in [-0.05, 0) is 36.3 Å². The van der Waals surface area contributed by atoms with Crippen LogP contribution in [0.25, 0.3) is 0 Å². The van der Waals surface area contributed by atoms with E-state index in [0.29, 0.717) is 6.54 Å². The number of halogens is 1. The molecule has 1 aromatic rings. The summed E-state index contributed by atoms with van der Waals surface area (Å²) in [5.41, 5.74) is 1.16. The van der Waals surface area contributed by atoms with Crippen molar-refractivity contribution < 1.29 is 4.79 Å². The van der Waals surface area contributed by atoms with Crippen LogP contribution in [0.2, 0.25) is 0 Å². The van der Waals surface area contributed by atoms with Gasteiger partial charge in [0.1, 0.15) is 0 Å². The first-order valence-corrected chi connectivity index (χ1v) is 7.52. The minimum atomic E-state index is -0.00644. The SMILES string of the molecule is CC(C)(C)C(NC(=O)CNCC1CC1)c1ccccc1.Cl. The van der Waals surface area contributed by atoms with Gasteiger partial charge in [0, 0.05) is 0 Å². The molecule has 0 spiro atoms. The van der Waals surface area contributed by atoms with Crippen molar-refractivity contribution in [1.29, 1.82) is 0 Å². The van der Waals surface area contributed by atoms with Crippen molar-refractivity contribution in [2.75, 3.05) is 13.1 Å². The lowest BCUT2D eigenvalue weighted by atomic mass is 9.82. The molecule has 1 aliphatic carbocycles. The van der Waals surface area contributed by atoms with Crippen molar-refractivity contribution in [3.05, 3.63) is 35.9 Å². The second-order valence-electron chi connectivity index (χ2n) is 6.85. The normalized spacial score (nSPS) is 16.0. The van der Waals surface area contributed by atoms with E-state index in [0.717, 1.165) is 18.0 Å². The van der Waals surface area contributed by atoms with Crippen LogP contribution < -0.4 is 10.6 Å². The molecule has 0 aliphatic heterocycles. The number of hydrogen-bond acceptors (Lipinski definition) is 2. The van der Waals surface area contributed by atoms with Gasteiger partial charge in [0.2, 0.25) is 5.91 Å². The number of carbonyl (C=O) groups excluding carboxylic acids is 1. The molecule has 4 heteroatoms. The predicted molar refractivity (Wildman–Crippen MR) is 89.6 cm³/mol. The van der Waals surface area contributed by atoms with Crippen molar-refractivity contribution in [3.8, 4) is 0 Å². The van der Waals surface area contributed by atoms with Crippen LogP contribution in [-0.2, 0) is 4.79 Å². The third-order valence-electron chi connectivity index (χ3n) is 3.72. The molecule has 1 aliphatic rings. The average Bonchev–Trinajstić information content (AvgIpc) is 3.20. The van der Waals surface area contributed by atoms with Gasteiger partial charge in [-0.1, -0.05) is 51.1 Å². The second-order valence-corrected chi connectivity index (χ2v) is 6.85. The number of nitrogens with one attached hydrogen (secondary N) is 2. The molecule has 1 aromatic carbocycles. The standard InChI is InChI=1S/C17H26N2O.ClH/c1-17(2,3)16(14-7-5-4-6-8-14)19-15(20)12-18-11-13-9-10-13;/h4-8,13,16,18H,9-12H2,1-3H3,(H,19,20);1H. The highest BCUT2D eigenvalue weighted by atomic mass is 35.5. The Morgan fingerprint density at radius 3 is 2.38 bits per heavy atom. The first kappa shape index (κ1) is 18.0. The third kappa shape index (κ3) is 6.06. The van der Waals surface area contributed by atoms with Crippen LogP contribution in [-0.4, -0.2) is 19.0 Å². The summed E-state index contributed by atoms with van der Waals surface area (Å²) in [5, 5.41) is 6.41. The fourth-order valence-corrected chi connectivity index (χ4v) is 2.37. The summed E-state index contributed by atoms with van der Waals surface area (Å²) in [4.78, 5) is 12.1. The summed E-state index contributed by atoms with van der Waals surface area (Å²) in [6, 6.07) is 10.2. The molecule has 2 rings (SSSR count). The smallest absolute Gasteiger partial charge is 0.234 e. The highest BCUT2D eigenvalue weighted by Gasteiger charge is 2.27. The highest BCUT2D eigenvalue weighted by Crippen LogP contribution is 2.32. The lowest BCUT2D eigenvalue weighted by Gasteiger charge is -2.32. The molecule has 2 N–H and O–H groups in total. The molecule has 1 unspecified atom stereocenters. The molecule has 1 atom stereocenters. The lowest BCUT2D eigenvalue weighted by molar-refractivity contribution is -0.121. The van der Waals surface area contributed by atoms with Crippen molar-refractivity contribution in [1.82, 2.24) is 10.6 Å². The molecule has 3 nitrogen and oxygen atoms in total. The van der Waals surface area contributed by atoms with Gasteiger partial charge in [-0.15, -0.1) is 12.4 Å². The Balaban J connectivity index is 0.00000220. The number of carbonyl (C=O) groups is 1. The molecular weight excluding hydrogens is 284 g/mol. The zero-order valence-corrected chi connectivity index (χ0v) is 14.0. The summed E-state index contributed by atoms with van der Waals surface area (Å²) in [7, 11) is 0. The van der Waals surface area contributed by atoms with Gasteiger partial charge in [-0.3, -0.25) is 4.79 Å². The van der Waals surface area contributed by atoms with E-state index < -0.39 is 0 Å². The molecule has 0 aromatic heterocycles. The maximum Gasteiger partial charge on any atom is 0.234 e. The third-order valence-corrected chi connectivity index (χ3v) is 3.72. The summed E-state index contributed by atoms with van der Waals surface area (Å²) >= 11 is 0. The van der Waals surface area contributed by atoms with E-state index in [1.165, 1.54) is 12.8 Å². The van der Waals surface area contributed by atoms with E-state index >= 15 is 0 Å². The fourth-order valence-electron chi connectivity index (χ4n) is 2.37. The molecule has 0 saturated heterocycles. The summed E-state index contributed by atoms with van der Waals surface area (Å²) in [5.74, 6) is 0.879. The van der Waals surface area contributed by atoms with Gasteiger partial charge in [-0.25, -0.2) is 0 Å². The van der Waals surface area contributed by atoms with Crippen LogP contribution >= 0.6 is 12.4 Å². The Kier molecular flexibility index (Phi) is 6.69. The van der Waals surface area contributed by atoms with Crippen LogP contribution in [0.1, 0.15) is 45.2 Å². The molecule has 1 amide bonds. The quantitative estimate of drug-likeness (QED) is 0.846. The number of hydrogen-bond donors (Lipinski definition) is 2. The largest absolute Gasteiger partial charge is 0.348 e. The topological polar surface area (TPSA) is 41.1 Å². The number of benzene rings is 1. The molecule has 1 fully saturated rings. The van der Waals surface area contributed by atoms with Crippen LogP contribution in [0, 0.1) is 11.3 Å². The number of amides is 1. The van der Waals surface area contributed by atoms with Gasteiger partial charge in [0.15, 0.2) is 0 Å². The van der Waals surface area contributed by atoms with E-state index in [-0.39, 0.29) is 29.8 Å².